The average Bonchev–Trinajstić information content (AvgIpc) is 2.75. The Hall–Kier alpha value is -2.00. The molecular weight excluding hydrogens is 414 g/mol. The van der Waals surface area contributed by atoms with Crippen molar-refractivity contribution in [2.24, 2.45) is 5.92 Å². The van der Waals surface area contributed by atoms with Gasteiger partial charge in [0.1, 0.15) is 0 Å². The van der Waals surface area contributed by atoms with Gasteiger partial charge in [-0.1, -0.05) is 24.3 Å². The summed E-state index contributed by atoms with van der Waals surface area (Å²) in [6.45, 7) is 5.63. The second kappa shape index (κ2) is 8.16. The van der Waals surface area contributed by atoms with Gasteiger partial charge in [0.2, 0.25) is 10.0 Å². The minimum Gasteiger partial charge on any atom is -0.379 e. The summed E-state index contributed by atoms with van der Waals surface area (Å²) in [4.78, 5) is 15.9. The molecule has 4 heterocycles. The van der Waals surface area contributed by atoms with Gasteiger partial charge in [-0.05, 0) is 35.6 Å². The fourth-order valence-corrected chi connectivity index (χ4v) is 6.23. The summed E-state index contributed by atoms with van der Waals surface area (Å²) in [6.07, 6.45) is 2.22. The van der Waals surface area contributed by atoms with Crippen LogP contribution in [0.25, 0.3) is 11.1 Å². The summed E-state index contributed by atoms with van der Waals surface area (Å²) in [5.41, 5.74) is 3.87. The van der Waals surface area contributed by atoms with Crippen LogP contribution in [-0.4, -0.2) is 67.8 Å². The van der Waals surface area contributed by atoms with Gasteiger partial charge in [0.15, 0.2) is 0 Å². The highest BCUT2D eigenvalue weighted by molar-refractivity contribution is 7.88. The topological polar surface area (TPSA) is 71.9 Å². The third-order valence-electron chi connectivity index (χ3n) is 6.84. The van der Waals surface area contributed by atoms with Crippen LogP contribution in [0.1, 0.15) is 23.6 Å². The number of morpholine rings is 1. The molecule has 2 fully saturated rings. The molecule has 2 saturated heterocycles. The van der Waals surface area contributed by atoms with Crippen molar-refractivity contribution in [3.05, 3.63) is 58.0 Å². The summed E-state index contributed by atoms with van der Waals surface area (Å²) in [7, 11) is -3.22. The molecule has 0 N–H and O–H groups in total. The number of rotatable bonds is 4. The molecule has 31 heavy (non-hydrogen) atoms. The van der Waals surface area contributed by atoms with Gasteiger partial charge in [-0.2, -0.15) is 0 Å². The Morgan fingerprint density at radius 3 is 2.55 bits per heavy atom. The maximum Gasteiger partial charge on any atom is 0.258 e. The first-order valence-electron chi connectivity index (χ1n) is 11.0. The molecule has 1 aromatic carbocycles. The highest BCUT2D eigenvalue weighted by Crippen LogP contribution is 2.36. The minimum absolute atomic E-state index is 0.0365. The van der Waals surface area contributed by atoms with Gasteiger partial charge in [0.05, 0.1) is 19.5 Å². The zero-order valence-electron chi connectivity index (χ0n) is 17.9. The van der Waals surface area contributed by atoms with Crippen molar-refractivity contribution < 1.29 is 13.2 Å². The normalized spacial score (nSPS) is 24.7. The maximum atomic E-state index is 13.6. The molecule has 0 amide bonds. The van der Waals surface area contributed by atoms with Crippen molar-refractivity contribution in [1.82, 2.24) is 13.8 Å². The van der Waals surface area contributed by atoms with Gasteiger partial charge < -0.3 is 9.30 Å². The first kappa shape index (κ1) is 20.9. The molecule has 5 rings (SSSR count). The van der Waals surface area contributed by atoms with Crippen LogP contribution in [-0.2, 0) is 27.8 Å². The van der Waals surface area contributed by atoms with Crippen LogP contribution < -0.4 is 5.56 Å². The Kier molecular flexibility index (Phi) is 5.50. The number of fused-ring (bicyclic) bond motifs is 4. The molecule has 166 valence electrons. The number of nitrogens with zero attached hydrogens (tertiary/aromatic N) is 3. The standard InChI is InChI=1S/C23H29N3O4S/c1-31(28,29)25-13-17-12-19(16-25)22-7-6-21(23(27)26(22)14-17)20-5-3-2-4-18(20)15-24-8-10-30-11-9-24/h2-7,17,19H,8-16H2,1H3/t17-,19-/m1/s1. The van der Waals surface area contributed by atoms with Crippen molar-refractivity contribution in [2.75, 3.05) is 45.6 Å². The lowest BCUT2D eigenvalue weighted by molar-refractivity contribution is 0.0342. The minimum atomic E-state index is -3.22. The summed E-state index contributed by atoms with van der Waals surface area (Å²) in [6, 6.07) is 12.1. The van der Waals surface area contributed by atoms with E-state index in [-0.39, 0.29) is 17.4 Å². The van der Waals surface area contributed by atoms with Crippen molar-refractivity contribution in [3.63, 3.8) is 0 Å². The van der Waals surface area contributed by atoms with E-state index in [1.54, 1.807) is 4.31 Å². The number of aromatic nitrogens is 1. The monoisotopic (exact) mass is 443 g/mol. The van der Waals surface area contributed by atoms with Gasteiger partial charge >= 0.3 is 0 Å². The molecule has 8 heteroatoms. The first-order valence-corrected chi connectivity index (χ1v) is 12.8. The number of sulfonamides is 1. The zero-order chi connectivity index (χ0) is 21.6. The van der Waals surface area contributed by atoms with Crippen LogP contribution in [0.15, 0.2) is 41.2 Å². The van der Waals surface area contributed by atoms with E-state index in [1.165, 1.54) is 6.26 Å². The molecule has 3 aliphatic heterocycles. The van der Waals surface area contributed by atoms with Gasteiger partial charge in [-0.25, -0.2) is 12.7 Å². The predicted octanol–water partition coefficient (Wildman–Crippen LogP) is 1.73. The van der Waals surface area contributed by atoms with Crippen LogP contribution in [0.4, 0.5) is 0 Å². The smallest absolute Gasteiger partial charge is 0.258 e. The molecule has 2 atom stereocenters. The summed E-state index contributed by atoms with van der Waals surface area (Å²) < 4.78 is 33.1. The molecule has 0 unspecified atom stereocenters. The molecule has 0 radical (unpaired) electrons. The van der Waals surface area contributed by atoms with Gasteiger partial charge in [-0.3, -0.25) is 9.69 Å². The Morgan fingerprint density at radius 2 is 1.77 bits per heavy atom. The average molecular weight is 444 g/mol. The van der Waals surface area contributed by atoms with Crippen LogP contribution >= 0.6 is 0 Å². The van der Waals surface area contributed by atoms with E-state index in [0.717, 1.165) is 61.7 Å². The molecule has 3 aliphatic rings. The van der Waals surface area contributed by atoms with E-state index < -0.39 is 10.0 Å². The van der Waals surface area contributed by atoms with Crippen molar-refractivity contribution in [3.8, 4) is 11.1 Å². The van der Waals surface area contributed by atoms with E-state index in [4.69, 9.17) is 4.74 Å². The van der Waals surface area contributed by atoms with E-state index in [9.17, 15) is 13.2 Å². The fraction of sp³-hybridized carbons (Fsp3) is 0.522. The number of hydrogen-bond donors (Lipinski definition) is 0. The number of benzene rings is 1. The number of ether oxygens (including phenoxy) is 1. The molecule has 7 nitrogen and oxygen atoms in total. The lowest BCUT2D eigenvalue weighted by Crippen LogP contribution is -2.48. The van der Waals surface area contributed by atoms with Crippen molar-refractivity contribution in [1.29, 1.82) is 0 Å². The molecule has 0 spiro atoms. The molecule has 1 aromatic heterocycles. The summed E-state index contributed by atoms with van der Waals surface area (Å²) in [5.74, 6) is 0.255. The quantitative estimate of drug-likeness (QED) is 0.720. The van der Waals surface area contributed by atoms with Gasteiger partial charge in [-0.15, -0.1) is 0 Å². The Morgan fingerprint density at radius 1 is 1.00 bits per heavy atom. The molecule has 2 aromatic rings. The van der Waals surface area contributed by atoms with E-state index in [2.05, 4.69) is 11.0 Å². The summed E-state index contributed by atoms with van der Waals surface area (Å²) in [5, 5.41) is 0. The van der Waals surface area contributed by atoms with Gasteiger partial charge in [0.25, 0.3) is 5.56 Å². The third-order valence-corrected chi connectivity index (χ3v) is 8.08. The molecule has 0 saturated carbocycles. The number of pyridine rings is 1. The lowest BCUT2D eigenvalue weighted by atomic mass is 9.83. The lowest BCUT2D eigenvalue weighted by Gasteiger charge is -2.41. The van der Waals surface area contributed by atoms with Gasteiger partial charge in [0, 0.05) is 56.4 Å². The third kappa shape index (κ3) is 4.09. The van der Waals surface area contributed by atoms with Crippen molar-refractivity contribution >= 4 is 10.0 Å². The molecule has 0 aliphatic carbocycles. The fourth-order valence-electron chi connectivity index (χ4n) is 5.30. The van der Waals surface area contributed by atoms with E-state index in [1.807, 2.05) is 34.9 Å². The number of hydrogen-bond acceptors (Lipinski definition) is 5. The Bertz CT molecular complexity index is 1140. The van der Waals surface area contributed by atoms with E-state index >= 15 is 0 Å². The van der Waals surface area contributed by atoms with Crippen LogP contribution in [0.2, 0.25) is 0 Å². The van der Waals surface area contributed by atoms with Crippen LogP contribution in [0.5, 0.6) is 0 Å². The summed E-state index contributed by atoms with van der Waals surface area (Å²) >= 11 is 0. The highest BCUT2D eigenvalue weighted by atomic mass is 32.2. The maximum absolute atomic E-state index is 13.6. The predicted molar refractivity (Wildman–Crippen MR) is 119 cm³/mol. The largest absolute Gasteiger partial charge is 0.379 e. The van der Waals surface area contributed by atoms with Crippen LogP contribution in [0.3, 0.4) is 0 Å². The van der Waals surface area contributed by atoms with E-state index in [0.29, 0.717) is 19.6 Å². The Labute approximate surface area is 183 Å². The zero-order valence-corrected chi connectivity index (χ0v) is 18.7. The molecular formula is C23H29N3O4S. The van der Waals surface area contributed by atoms with Crippen molar-refractivity contribution in [2.45, 2.75) is 25.4 Å². The second-order valence-electron chi connectivity index (χ2n) is 9.01. The Balaban J connectivity index is 1.49. The van der Waals surface area contributed by atoms with Crippen LogP contribution in [0, 0.1) is 5.92 Å². The highest BCUT2D eigenvalue weighted by Gasteiger charge is 2.38. The number of piperidine rings is 1. The second-order valence-corrected chi connectivity index (χ2v) is 11.0. The first-order chi connectivity index (χ1) is 14.9. The SMILES string of the molecule is CS(=O)(=O)N1C[C@H]2C[C@H](C1)c1ccc(-c3ccccc3CN3CCOCC3)c(=O)n1C2. The molecule has 2 bridgehead atoms.